The van der Waals surface area contributed by atoms with Gasteiger partial charge >= 0.3 is 0 Å². The van der Waals surface area contributed by atoms with E-state index in [2.05, 4.69) is 21.2 Å². The minimum absolute atomic E-state index is 0.0520. The molecule has 0 aliphatic carbocycles. The minimum atomic E-state index is -1.80. The second-order valence-corrected chi connectivity index (χ2v) is 4.00. The first kappa shape index (κ1) is 9.70. The van der Waals surface area contributed by atoms with E-state index in [1.807, 2.05) is 24.3 Å². The molecule has 0 spiro atoms. The lowest BCUT2D eigenvalue weighted by molar-refractivity contribution is 0.566. The SMILES string of the molecule is O=S(O)CNc1cccc(Br)c1. The summed E-state index contributed by atoms with van der Waals surface area (Å²) in [5.74, 6) is 0.0520. The second kappa shape index (κ2) is 4.59. The molecule has 0 heterocycles. The van der Waals surface area contributed by atoms with Crippen LogP contribution in [0.4, 0.5) is 5.69 Å². The fourth-order valence-corrected chi connectivity index (χ4v) is 1.43. The molecule has 0 saturated heterocycles. The Hall–Kier alpha value is -0.390. The van der Waals surface area contributed by atoms with Gasteiger partial charge in [-0.05, 0) is 18.2 Å². The van der Waals surface area contributed by atoms with Gasteiger partial charge in [0, 0.05) is 10.2 Å². The highest BCUT2D eigenvalue weighted by molar-refractivity contribution is 9.10. The summed E-state index contributed by atoms with van der Waals surface area (Å²) >= 11 is 1.49. The molecule has 0 bridgehead atoms. The molecule has 0 amide bonds. The summed E-state index contributed by atoms with van der Waals surface area (Å²) in [6, 6.07) is 7.41. The third-order valence-corrected chi connectivity index (χ3v) is 2.11. The summed E-state index contributed by atoms with van der Waals surface area (Å²) in [7, 11) is 0. The number of hydrogen-bond donors (Lipinski definition) is 2. The van der Waals surface area contributed by atoms with Gasteiger partial charge in [-0.15, -0.1) is 0 Å². The van der Waals surface area contributed by atoms with E-state index in [9.17, 15) is 4.21 Å². The molecule has 0 fully saturated rings. The van der Waals surface area contributed by atoms with Gasteiger partial charge in [0.05, 0.1) is 0 Å². The van der Waals surface area contributed by atoms with E-state index in [0.717, 1.165) is 10.2 Å². The van der Waals surface area contributed by atoms with Gasteiger partial charge < -0.3 is 9.87 Å². The Morgan fingerprint density at radius 3 is 2.92 bits per heavy atom. The number of rotatable bonds is 3. The zero-order chi connectivity index (χ0) is 8.97. The summed E-state index contributed by atoms with van der Waals surface area (Å²) in [6.45, 7) is 0. The van der Waals surface area contributed by atoms with Gasteiger partial charge in [0.15, 0.2) is 11.1 Å². The van der Waals surface area contributed by atoms with Gasteiger partial charge in [-0.25, -0.2) is 4.21 Å². The van der Waals surface area contributed by atoms with Crippen LogP contribution in [0.3, 0.4) is 0 Å². The van der Waals surface area contributed by atoms with Crippen LogP contribution in [-0.4, -0.2) is 14.6 Å². The van der Waals surface area contributed by atoms with E-state index >= 15 is 0 Å². The normalized spacial score (nSPS) is 12.5. The van der Waals surface area contributed by atoms with Gasteiger partial charge in [-0.1, -0.05) is 22.0 Å². The molecule has 3 nitrogen and oxygen atoms in total. The van der Waals surface area contributed by atoms with E-state index in [-0.39, 0.29) is 5.88 Å². The number of benzene rings is 1. The summed E-state index contributed by atoms with van der Waals surface area (Å²) in [5, 5.41) is 2.80. The van der Waals surface area contributed by atoms with Crippen LogP contribution in [0.25, 0.3) is 0 Å². The lowest BCUT2D eigenvalue weighted by Crippen LogP contribution is -2.06. The highest BCUT2D eigenvalue weighted by Crippen LogP contribution is 2.15. The molecule has 0 aromatic heterocycles. The van der Waals surface area contributed by atoms with Crippen molar-refractivity contribution in [1.82, 2.24) is 0 Å². The van der Waals surface area contributed by atoms with E-state index in [0.29, 0.717) is 0 Å². The maximum atomic E-state index is 10.3. The first-order chi connectivity index (χ1) is 5.68. The van der Waals surface area contributed by atoms with Gasteiger partial charge in [-0.3, -0.25) is 0 Å². The van der Waals surface area contributed by atoms with Crippen molar-refractivity contribution in [3.8, 4) is 0 Å². The van der Waals surface area contributed by atoms with Crippen LogP contribution in [-0.2, 0) is 11.1 Å². The first-order valence-corrected chi connectivity index (χ1v) is 5.32. The van der Waals surface area contributed by atoms with Crippen molar-refractivity contribution in [3.05, 3.63) is 28.7 Å². The van der Waals surface area contributed by atoms with Crippen LogP contribution >= 0.6 is 15.9 Å². The van der Waals surface area contributed by atoms with E-state index in [1.165, 1.54) is 0 Å². The number of anilines is 1. The highest BCUT2D eigenvalue weighted by atomic mass is 79.9. The molecule has 12 heavy (non-hydrogen) atoms. The average molecular weight is 250 g/mol. The molecule has 0 aliphatic heterocycles. The highest BCUT2D eigenvalue weighted by Gasteiger charge is 1.94. The third kappa shape index (κ3) is 3.34. The molecule has 1 atom stereocenters. The van der Waals surface area contributed by atoms with Crippen LogP contribution in [0.2, 0.25) is 0 Å². The number of nitrogens with one attached hydrogen (secondary N) is 1. The van der Waals surface area contributed by atoms with E-state index in [1.54, 1.807) is 0 Å². The van der Waals surface area contributed by atoms with Crippen molar-refractivity contribution in [2.75, 3.05) is 11.2 Å². The van der Waals surface area contributed by atoms with Crippen LogP contribution in [0.1, 0.15) is 0 Å². The minimum Gasteiger partial charge on any atom is -0.372 e. The smallest absolute Gasteiger partial charge is 0.172 e. The number of halogens is 1. The van der Waals surface area contributed by atoms with Crippen LogP contribution < -0.4 is 5.32 Å². The molecular weight excluding hydrogens is 242 g/mol. The standard InChI is InChI=1S/C7H8BrNO2S/c8-6-2-1-3-7(4-6)9-5-12(10)11/h1-4,9H,5H2,(H,10,11). The lowest BCUT2D eigenvalue weighted by Gasteiger charge is -2.02. The summed E-state index contributed by atoms with van der Waals surface area (Å²) in [6.07, 6.45) is 0. The predicted molar refractivity (Wildman–Crippen MR) is 53.4 cm³/mol. The van der Waals surface area contributed by atoms with E-state index < -0.39 is 11.1 Å². The zero-order valence-electron chi connectivity index (χ0n) is 6.16. The Bertz CT molecular complexity index is 292. The Morgan fingerprint density at radius 2 is 2.33 bits per heavy atom. The molecule has 1 aromatic carbocycles. The molecule has 1 aromatic rings. The first-order valence-electron chi connectivity index (χ1n) is 3.25. The number of hydrogen-bond acceptors (Lipinski definition) is 2. The van der Waals surface area contributed by atoms with Crippen molar-refractivity contribution in [3.63, 3.8) is 0 Å². The van der Waals surface area contributed by atoms with Crippen molar-refractivity contribution in [2.24, 2.45) is 0 Å². The molecule has 0 saturated carbocycles. The second-order valence-electron chi connectivity index (χ2n) is 2.15. The van der Waals surface area contributed by atoms with Crippen LogP contribution in [0, 0.1) is 0 Å². The summed E-state index contributed by atoms with van der Waals surface area (Å²) in [5.41, 5.74) is 0.826. The fraction of sp³-hybridized carbons (Fsp3) is 0.143. The van der Waals surface area contributed by atoms with Crippen LogP contribution in [0.5, 0.6) is 0 Å². The average Bonchev–Trinajstić information content (AvgIpc) is 2.01. The topological polar surface area (TPSA) is 49.3 Å². The largest absolute Gasteiger partial charge is 0.372 e. The maximum absolute atomic E-state index is 10.3. The third-order valence-electron chi connectivity index (χ3n) is 1.22. The Morgan fingerprint density at radius 1 is 1.58 bits per heavy atom. The van der Waals surface area contributed by atoms with Crippen molar-refractivity contribution in [1.29, 1.82) is 0 Å². The monoisotopic (exact) mass is 249 g/mol. The maximum Gasteiger partial charge on any atom is 0.172 e. The predicted octanol–water partition coefficient (Wildman–Crippen LogP) is 2.04. The van der Waals surface area contributed by atoms with Gasteiger partial charge in [-0.2, -0.15) is 0 Å². The van der Waals surface area contributed by atoms with Gasteiger partial charge in [0.1, 0.15) is 5.88 Å². The summed E-state index contributed by atoms with van der Waals surface area (Å²) in [4.78, 5) is 0. The molecule has 0 radical (unpaired) electrons. The van der Waals surface area contributed by atoms with Crippen molar-refractivity contribution < 1.29 is 8.76 Å². The quantitative estimate of drug-likeness (QED) is 0.807. The molecule has 5 heteroatoms. The molecule has 1 unspecified atom stereocenters. The molecule has 0 aliphatic rings. The van der Waals surface area contributed by atoms with Crippen LogP contribution in [0.15, 0.2) is 28.7 Å². The Kier molecular flexibility index (Phi) is 3.71. The molecular formula is C7H8BrNO2S. The van der Waals surface area contributed by atoms with Crippen molar-refractivity contribution >= 4 is 32.7 Å². The van der Waals surface area contributed by atoms with Crippen molar-refractivity contribution in [2.45, 2.75) is 0 Å². The molecule has 2 N–H and O–H groups in total. The molecule has 66 valence electrons. The summed E-state index contributed by atoms with van der Waals surface area (Å²) < 4.78 is 19.7. The van der Waals surface area contributed by atoms with Gasteiger partial charge in [0.2, 0.25) is 0 Å². The fourth-order valence-electron chi connectivity index (χ4n) is 0.744. The Labute approximate surface area is 81.6 Å². The Balaban J connectivity index is 2.57. The molecule has 1 rings (SSSR count). The zero-order valence-corrected chi connectivity index (χ0v) is 8.56. The van der Waals surface area contributed by atoms with Gasteiger partial charge in [0.25, 0.3) is 0 Å². The van der Waals surface area contributed by atoms with E-state index in [4.69, 9.17) is 4.55 Å². The lowest BCUT2D eigenvalue weighted by atomic mass is 10.3.